The van der Waals surface area contributed by atoms with Crippen LogP contribution in [0.3, 0.4) is 0 Å². The van der Waals surface area contributed by atoms with Gasteiger partial charge in [-0.1, -0.05) is 0 Å². The van der Waals surface area contributed by atoms with Crippen LogP contribution in [0.4, 0.5) is 16.2 Å². The number of anilines is 2. The van der Waals surface area contributed by atoms with E-state index >= 15 is 0 Å². The topological polar surface area (TPSA) is 57.3 Å². The number of morpholine rings is 1. The first kappa shape index (κ1) is 19.5. The Morgan fingerprint density at radius 3 is 2.71 bits per heavy atom. The Morgan fingerprint density at radius 1 is 1.18 bits per heavy atom. The molecule has 3 aliphatic heterocycles. The highest BCUT2D eigenvalue weighted by atomic mass is 16.7. The highest BCUT2D eigenvalue weighted by Crippen LogP contribution is 2.30. The van der Waals surface area contributed by atoms with Gasteiger partial charge in [0.15, 0.2) is 0 Å². The van der Waals surface area contributed by atoms with Gasteiger partial charge in [-0.3, -0.25) is 10.2 Å². The van der Waals surface area contributed by atoms with E-state index in [4.69, 9.17) is 9.57 Å². The average molecular weight is 389 g/mol. The second kappa shape index (κ2) is 8.68. The molecule has 3 saturated heterocycles. The molecule has 4 rings (SSSR count). The standard InChI is InChI=1S/C21H32N4O3/c1-16-14-18(23-9-7-19(15-23)25-8-3-4-17(25)2)5-6-20(16)22-21(26)28-24-10-12-27-13-11-24/h5-6,14,17,19H,3-4,7-13,15H2,1-2H3,(H,22,26)/t17-,19-/m0/s1. The number of nitrogens with zero attached hydrogens (tertiary/aromatic N) is 3. The lowest BCUT2D eigenvalue weighted by Gasteiger charge is -2.29. The Morgan fingerprint density at radius 2 is 2.00 bits per heavy atom. The van der Waals surface area contributed by atoms with E-state index in [-0.39, 0.29) is 0 Å². The highest BCUT2D eigenvalue weighted by molar-refractivity contribution is 5.86. The van der Waals surface area contributed by atoms with Crippen LogP contribution in [-0.4, -0.2) is 74.1 Å². The molecule has 7 heteroatoms. The molecule has 3 heterocycles. The lowest BCUT2D eigenvalue weighted by Crippen LogP contribution is -2.39. The van der Waals surface area contributed by atoms with Gasteiger partial charge < -0.3 is 14.5 Å². The molecule has 0 aromatic heterocycles. The molecule has 0 aliphatic carbocycles. The molecule has 28 heavy (non-hydrogen) atoms. The first-order valence-corrected chi connectivity index (χ1v) is 10.5. The maximum atomic E-state index is 12.2. The quantitative estimate of drug-likeness (QED) is 0.856. The fraction of sp³-hybridized carbons (Fsp3) is 0.667. The number of carbonyl (C=O) groups excluding carboxylic acids is 1. The number of amides is 1. The monoisotopic (exact) mass is 388 g/mol. The van der Waals surface area contributed by atoms with Crippen LogP contribution in [0.15, 0.2) is 18.2 Å². The smallest absolute Gasteiger partial charge is 0.379 e. The van der Waals surface area contributed by atoms with Crippen LogP contribution in [0.25, 0.3) is 0 Å². The zero-order chi connectivity index (χ0) is 19.5. The maximum Gasteiger partial charge on any atom is 0.430 e. The zero-order valence-corrected chi connectivity index (χ0v) is 17.0. The van der Waals surface area contributed by atoms with E-state index in [9.17, 15) is 4.79 Å². The largest absolute Gasteiger partial charge is 0.430 e. The molecule has 0 saturated carbocycles. The molecular weight excluding hydrogens is 356 g/mol. The van der Waals surface area contributed by atoms with Crippen LogP contribution in [0.5, 0.6) is 0 Å². The van der Waals surface area contributed by atoms with Crippen LogP contribution >= 0.6 is 0 Å². The van der Waals surface area contributed by atoms with Crippen LogP contribution in [0.1, 0.15) is 31.7 Å². The minimum atomic E-state index is -0.443. The van der Waals surface area contributed by atoms with Gasteiger partial charge in [0.25, 0.3) is 0 Å². The van der Waals surface area contributed by atoms with E-state index in [1.165, 1.54) is 31.5 Å². The van der Waals surface area contributed by atoms with Crippen molar-refractivity contribution in [3.8, 4) is 0 Å². The van der Waals surface area contributed by atoms with Crippen LogP contribution in [-0.2, 0) is 9.57 Å². The lowest BCUT2D eigenvalue weighted by atomic mass is 10.1. The van der Waals surface area contributed by atoms with Crippen molar-refractivity contribution in [2.45, 2.75) is 45.2 Å². The summed E-state index contributed by atoms with van der Waals surface area (Å²) in [5.74, 6) is 0. The van der Waals surface area contributed by atoms with Crippen LogP contribution < -0.4 is 10.2 Å². The number of hydrogen-bond acceptors (Lipinski definition) is 6. The molecule has 1 amide bonds. The van der Waals surface area contributed by atoms with Crippen molar-refractivity contribution in [2.24, 2.45) is 0 Å². The third-order valence-corrected chi connectivity index (χ3v) is 6.23. The molecule has 0 spiro atoms. The molecule has 2 atom stereocenters. The van der Waals surface area contributed by atoms with Gasteiger partial charge in [0.1, 0.15) is 0 Å². The second-order valence-corrected chi connectivity index (χ2v) is 8.16. The lowest BCUT2D eigenvalue weighted by molar-refractivity contribution is -0.142. The van der Waals surface area contributed by atoms with Crippen LogP contribution in [0.2, 0.25) is 0 Å². The van der Waals surface area contributed by atoms with E-state index in [1.54, 1.807) is 5.06 Å². The Hall–Kier alpha value is -1.83. The van der Waals surface area contributed by atoms with Gasteiger partial charge >= 0.3 is 6.09 Å². The van der Waals surface area contributed by atoms with Gasteiger partial charge in [0.2, 0.25) is 0 Å². The number of hydroxylamine groups is 2. The summed E-state index contributed by atoms with van der Waals surface area (Å²) in [5, 5.41) is 4.51. The Labute approximate surface area is 167 Å². The van der Waals surface area contributed by atoms with E-state index < -0.39 is 6.09 Å². The van der Waals surface area contributed by atoms with Gasteiger partial charge in [-0.2, -0.15) is 0 Å². The van der Waals surface area contributed by atoms with Gasteiger partial charge in [-0.25, -0.2) is 4.79 Å². The summed E-state index contributed by atoms with van der Waals surface area (Å²) in [4.78, 5) is 22.7. The van der Waals surface area contributed by atoms with Crippen molar-refractivity contribution in [1.82, 2.24) is 9.96 Å². The van der Waals surface area contributed by atoms with E-state index in [0.29, 0.717) is 32.3 Å². The minimum absolute atomic E-state index is 0.443. The first-order chi connectivity index (χ1) is 13.6. The number of nitrogens with one attached hydrogen (secondary N) is 1. The molecule has 154 valence electrons. The normalized spacial score (nSPS) is 26.6. The third-order valence-electron chi connectivity index (χ3n) is 6.23. The van der Waals surface area contributed by atoms with Gasteiger partial charge in [0.05, 0.1) is 26.3 Å². The first-order valence-electron chi connectivity index (χ1n) is 10.5. The molecule has 3 aliphatic rings. The average Bonchev–Trinajstić information content (AvgIpc) is 3.33. The fourth-order valence-corrected chi connectivity index (χ4v) is 4.62. The highest BCUT2D eigenvalue weighted by Gasteiger charge is 2.33. The number of carbonyl (C=O) groups is 1. The Bertz CT molecular complexity index is 692. The van der Waals surface area contributed by atoms with Crippen molar-refractivity contribution in [2.75, 3.05) is 56.2 Å². The molecule has 3 fully saturated rings. The zero-order valence-electron chi connectivity index (χ0n) is 17.0. The van der Waals surface area contributed by atoms with E-state index in [1.807, 2.05) is 13.0 Å². The number of rotatable bonds is 4. The van der Waals surface area contributed by atoms with Crippen molar-refractivity contribution >= 4 is 17.5 Å². The summed E-state index contributed by atoms with van der Waals surface area (Å²) in [5.41, 5.74) is 3.08. The molecule has 7 nitrogen and oxygen atoms in total. The van der Waals surface area contributed by atoms with Crippen LogP contribution in [0, 0.1) is 6.92 Å². The minimum Gasteiger partial charge on any atom is -0.379 e. The fourth-order valence-electron chi connectivity index (χ4n) is 4.62. The molecule has 0 unspecified atom stereocenters. The number of ether oxygens (including phenoxy) is 1. The van der Waals surface area contributed by atoms with E-state index in [2.05, 4.69) is 34.2 Å². The summed E-state index contributed by atoms with van der Waals surface area (Å²) in [6.45, 7) is 10.2. The van der Waals surface area contributed by atoms with Gasteiger partial charge in [-0.15, -0.1) is 5.06 Å². The molecule has 1 N–H and O–H groups in total. The van der Waals surface area contributed by atoms with Gasteiger partial charge in [-0.05, 0) is 63.4 Å². The maximum absolute atomic E-state index is 12.2. The summed E-state index contributed by atoms with van der Waals surface area (Å²) in [6, 6.07) is 7.64. The van der Waals surface area contributed by atoms with Crippen molar-refractivity contribution < 1.29 is 14.4 Å². The summed E-state index contributed by atoms with van der Waals surface area (Å²) in [6.07, 6.45) is 3.45. The molecular formula is C21H32N4O3. The summed E-state index contributed by atoms with van der Waals surface area (Å²) >= 11 is 0. The van der Waals surface area contributed by atoms with E-state index in [0.717, 1.165) is 30.4 Å². The summed E-state index contributed by atoms with van der Waals surface area (Å²) < 4.78 is 5.27. The van der Waals surface area contributed by atoms with Gasteiger partial charge in [0, 0.05) is 36.5 Å². The van der Waals surface area contributed by atoms with Crippen molar-refractivity contribution in [3.05, 3.63) is 23.8 Å². The molecule has 0 radical (unpaired) electrons. The molecule has 1 aromatic rings. The number of aryl methyl sites for hydroxylation is 1. The predicted octanol–water partition coefficient (Wildman–Crippen LogP) is 2.85. The number of benzene rings is 1. The predicted molar refractivity (Wildman–Crippen MR) is 110 cm³/mol. The van der Waals surface area contributed by atoms with Crippen molar-refractivity contribution in [1.29, 1.82) is 0 Å². The molecule has 1 aromatic carbocycles. The SMILES string of the molecule is Cc1cc(N2CC[C@H](N3CCC[C@@H]3C)C2)ccc1NC(=O)ON1CCOCC1. The number of hydrogen-bond donors (Lipinski definition) is 1. The molecule has 0 bridgehead atoms. The van der Waals surface area contributed by atoms with Crippen molar-refractivity contribution in [3.63, 3.8) is 0 Å². The Kier molecular flexibility index (Phi) is 6.04. The third kappa shape index (κ3) is 4.42. The second-order valence-electron chi connectivity index (χ2n) is 8.16. The summed E-state index contributed by atoms with van der Waals surface area (Å²) in [7, 11) is 0. The Balaban J connectivity index is 1.33. The number of likely N-dealkylation sites (tertiary alicyclic amines) is 1.